The number of allylic oxidation sites excluding steroid dienone is 1. The Morgan fingerprint density at radius 1 is 1.11 bits per heavy atom. The standard InChI is InChI=1S/C16H20O3/c1-11-5-7-13(8-6-11)16(19-4)10-9-14(17)12(2)15(16)18-3/h5-8H,9-10H2,1-4H3. The highest BCUT2D eigenvalue weighted by Crippen LogP contribution is 2.43. The van der Waals surface area contributed by atoms with Crippen LogP contribution in [-0.4, -0.2) is 20.0 Å². The Morgan fingerprint density at radius 3 is 2.26 bits per heavy atom. The third-order valence-corrected chi connectivity index (χ3v) is 3.90. The third-order valence-electron chi connectivity index (χ3n) is 3.90. The fraction of sp³-hybridized carbons (Fsp3) is 0.438. The predicted molar refractivity (Wildman–Crippen MR) is 73.8 cm³/mol. The van der Waals surface area contributed by atoms with Crippen LogP contribution in [0.4, 0.5) is 0 Å². The van der Waals surface area contributed by atoms with E-state index in [1.54, 1.807) is 14.2 Å². The zero-order valence-electron chi connectivity index (χ0n) is 11.9. The highest BCUT2D eigenvalue weighted by Gasteiger charge is 2.43. The van der Waals surface area contributed by atoms with E-state index in [2.05, 4.69) is 12.1 Å². The summed E-state index contributed by atoms with van der Waals surface area (Å²) in [7, 11) is 3.27. The molecular weight excluding hydrogens is 240 g/mol. The highest BCUT2D eigenvalue weighted by atomic mass is 16.5. The van der Waals surface area contributed by atoms with Crippen LogP contribution >= 0.6 is 0 Å². The van der Waals surface area contributed by atoms with Gasteiger partial charge in [-0.25, -0.2) is 0 Å². The molecule has 1 atom stereocenters. The van der Waals surface area contributed by atoms with E-state index in [9.17, 15) is 4.79 Å². The van der Waals surface area contributed by atoms with Gasteiger partial charge in [-0.05, 0) is 25.8 Å². The molecule has 1 aliphatic rings. The number of Topliss-reactive ketones (excluding diaryl/α,β-unsaturated/α-hetero) is 1. The summed E-state index contributed by atoms with van der Waals surface area (Å²) >= 11 is 0. The van der Waals surface area contributed by atoms with Crippen LogP contribution in [0, 0.1) is 6.92 Å². The summed E-state index contributed by atoms with van der Waals surface area (Å²) in [5, 5.41) is 0. The largest absolute Gasteiger partial charge is 0.497 e. The number of benzene rings is 1. The first-order valence-electron chi connectivity index (χ1n) is 6.46. The van der Waals surface area contributed by atoms with E-state index in [0.29, 0.717) is 24.2 Å². The molecule has 0 radical (unpaired) electrons. The molecule has 0 aromatic heterocycles. The third kappa shape index (κ3) is 2.19. The lowest BCUT2D eigenvalue weighted by Gasteiger charge is -2.38. The van der Waals surface area contributed by atoms with Gasteiger partial charge in [0, 0.05) is 19.1 Å². The van der Waals surface area contributed by atoms with Crippen LogP contribution in [0.5, 0.6) is 0 Å². The molecule has 0 saturated carbocycles. The maximum Gasteiger partial charge on any atom is 0.162 e. The Bertz CT molecular complexity index is 513. The molecule has 0 heterocycles. The number of carbonyl (C=O) groups excluding carboxylic acids is 1. The van der Waals surface area contributed by atoms with Crippen LogP contribution in [0.2, 0.25) is 0 Å². The van der Waals surface area contributed by atoms with Crippen molar-refractivity contribution in [3.8, 4) is 0 Å². The lowest BCUT2D eigenvalue weighted by Crippen LogP contribution is -2.37. The summed E-state index contributed by atoms with van der Waals surface area (Å²) in [5.74, 6) is 0.770. The normalized spacial score (nSPS) is 23.7. The van der Waals surface area contributed by atoms with Gasteiger partial charge in [-0.2, -0.15) is 0 Å². The van der Waals surface area contributed by atoms with Crippen LogP contribution in [0.25, 0.3) is 0 Å². The number of methoxy groups -OCH3 is 2. The number of ketones is 1. The van der Waals surface area contributed by atoms with Crippen LogP contribution in [-0.2, 0) is 19.9 Å². The minimum Gasteiger partial charge on any atom is -0.497 e. The average molecular weight is 260 g/mol. The van der Waals surface area contributed by atoms with E-state index in [0.717, 1.165) is 5.56 Å². The van der Waals surface area contributed by atoms with Crippen LogP contribution in [0.3, 0.4) is 0 Å². The second kappa shape index (κ2) is 5.17. The van der Waals surface area contributed by atoms with E-state index in [1.165, 1.54) is 5.56 Å². The van der Waals surface area contributed by atoms with E-state index in [1.807, 2.05) is 26.0 Å². The number of ether oxygens (including phenoxy) is 2. The first-order valence-corrected chi connectivity index (χ1v) is 6.46. The molecule has 1 unspecified atom stereocenters. The van der Waals surface area contributed by atoms with Crippen molar-refractivity contribution in [2.75, 3.05) is 14.2 Å². The maximum atomic E-state index is 11.9. The average Bonchev–Trinajstić information content (AvgIpc) is 2.43. The maximum absolute atomic E-state index is 11.9. The Labute approximate surface area is 114 Å². The highest BCUT2D eigenvalue weighted by molar-refractivity contribution is 5.96. The molecule has 1 aromatic carbocycles. The van der Waals surface area contributed by atoms with Gasteiger partial charge >= 0.3 is 0 Å². The van der Waals surface area contributed by atoms with E-state index in [-0.39, 0.29) is 5.78 Å². The molecule has 0 aliphatic heterocycles. The number of aryl methyl sites for hydroxylation is 1. The Morgan fingerprint density at radius 2 is 1.74 bits per heavy atom. The van der Waals surface area contributed by atoms with E-state index >= 15 is 0 Å². The zero-order valence-corrected chi connectivity index (χ0v) is 11.9. The van der Waals surface area contributed by atoms with Gasteiger partial charge in [-0.3, -0.25) is 4.79 Å². The molecule has 0 bridgehead atoms. The number of carbonyl (C=O) groups is 1. The molecule has 0 spiro atoms. The molecule has 3 nitrogen and oxygen atoms in total. The van der Waals surface area contributed by atoms with Gasteiger partial charge in [0.15, 0.2) is 11.4 Å². The lowest BCUT2D eigenvalue weighted by atomic mass is 9.79. The molecule has 2 rings (SSSR count). The first kappa shape index (κ1) is 13.8. The van der Waals surface area contributed by atoms with Gasteiger partial charge in [0.1, 0.15) is 5.76 Å². The van der Waals surface area contributed by atoms with Crippen molar-refractivity contribution >= 4 is 5.78 Å². The van der Waals surface area contributed by atoms with Crippen molar-refractivity contribution in [1.82, 2.24) is 0 Å². The molecule has 0 N–H and O–H groups in total. The molecular formula is C16H20O3. The molecule has 0 fully saturated rings. The summed E-state index contributed by atoms with van der Waals surface area (Å²) in [4.78, 5) is 11.9. The zero-order chi connectivity index (χ0) is 14.0. The number of hydrogen-bond donors (Lipinski definition) is 0. The monoisotopic (exact) mass is 260 g/mol. The first-order chi connectivity index (χ1) is 9.05. The van der Waals surface area contributed by atoms with Crippen molar-refractivity contribution in [3.05, 3.63) is 46.7 Å². The van der Waals surface area contributed by atoms with Crippen molar-refractivity contribution < 1.29 is 14.3 Å². The van der Waals surface area contributed by atoms with Gasteiger partial charge in [-0.1, -0.05) is 29.8 Å². The summed E-state index contributed by atoms with van der Waals surface area (Å²) in [5.41, 5.74) is 2.25. The molecule has 0 saturated heterocycles. The second-order valence-corrected chi connectivity index (χ2v) is 4.98. The SMILES string of the molecule is COC1=C(C)C(=O)CCC1(OC)c1ccc(C)cc1. The minimum atomic E-state index is -0.638. The summed E-state index contributed by atoms with van der Waals surface area (Å²) in [6, 6.07) is 8.19. The summed E-state index contributed by atoms with van der Waals surface area (Å²) < 4.78 is 11.3. The quantitative estimate of drug-likeness (QED) is 0.837. The van der Waals surface area contributed by atoms with Crippen LogP contribution < -0.4 is 0 Å². The lowest BCUT2D eigenvalue weighted by molar-refractivity contribution is -0.120. The van der Waals surface area contributed by atoms with Gasteiger partial charge < -0.3 is 9.47 Å². The predicted octanol–water partition coefficient (Wildman–Crippen LogP) is 3.12. The van der Waals surface area contributed by atoms with Crippen molar-refractivity contribution in [2.24, 2.45) is 0 Å². The molecule has 0 amide bonds. The Hall–Kier alpha value is -1.61. The van der Waals surface area contributed by atoms with Gasteiger partial charge in [0.05, 0.1) is 7.11 Å². The fourth-order valence-electron chi connectivity index (χ4n) is 2.75. The smallest absolute Gasteiger partial charge is 0.162 e. The van der Waals surface area contributed by atoms with Gasteiger partial charge in [0.2, 0.25) is 0 Å². The van der Waals surface area contributed by atoms with E-state index < -0.39 is 5.60 Å². The van der Waals surface area contributed by atoms with Gasteiger partial charge in [0.25, 0.3) is 0 Å². The van der Waals surface area contributed by atoms with Crippen LogP contribution in [0.1, 0.15) is 30.9 Å². The van der Waals surface area contributed by atoms with Crippen LogP contribution in [0.15, 0.2) is 35.6 Å². The van der Waals surface area contributed by atoms with E-state index in [4.69, 9.17) is 9.47 Å². The fourth-order valence-corrected chi connectivity index (χ4v) is 2.75. The molecule has 1 aliphatic carbocycles. The Kier molecular flexibility index (Phi) is 3.76. The molecule has 1 aromatic rings. The topological polar surface area (TPSA) is 35.5 Å². The summed E-state index contributed by atoms with van der Waals surface area (Å²) in [6.07, 6.45) is 1.10. The molecule has 3 heteroatoms. The van der Waals surface area contributed by atoms with Gasteiger partial charge in [-0.15, -0.1) is 0 Å². The number of rotatable bonds is 3. The number of hydrogen-bond acceptors (Lipinski definition) is 3. The second-order valence-electron chi connectivity index (χ2n) is 4.98. The van der Waals surface area contributed by atoms with Crippen molar-refractivity contribution in [3.63, 3.8) is 0 Å². The molecule has 19 heavy (non-hydrogen) atoms. The van der Waals surface area contributed by atoms with Crippen molar-refractivity contribution in [2.45, 2.75) is 32.3 Å². The minimum absolute atomic E-state index is 0.136. The van der Waals surface area contributed by atoms with Crippen molar-refractivity contribution in [1.29, 1.82) is 0 Å². The Balaban J connectivity index is 2.59. The molecule has 102 valence electrons. The summed E-state index contributed by atoms with van der Waals surface area (Å²) in [6.45, 7) is 3.86.